The number of nitrogens with one attached hydrogen (secondary N) is 3. The highest BCUT2D eigenvalue weighted by Gasteiger charge is 2.28. The summed E-state index contributed by atoms with van der Waals surface area (Å²) < 4.78 is 26.1. The first kappa shape index (κ1) is 17.3. The number of likely N-dealkylation sites (tertiary alicyclic amines) is 1. The van der Waals surface area contributed by atoms with Gasteiger partial charge in [0.25, 0.3) is 5.91 Å². The molecule has 0 atom stereocenters. The molecule has 0 bridgehead atoms. The number of fused-ring (bicyclic) bond motifs is 1. The summed E-state index contributed by atoms with van der Waals surface area (Å²) in [6.45, 7) is 1.62. The highest BCUT2D eigenvalue weighted by atomic mass is 19.1. The van der Waals surface area contributed by atoms with Crippen LogP contribution in [0.5, 0.6) is 0 Å². The molecule has 0 aliphatic carbocycles. The molecule has 2 heterocycles. The number of carbonyl (C=O) groups excluding carboxylic acids is 1. The average Bonchev–Trinajstić information content (AvgIpc) is 2.99. The van der Waals surface area contributed by atoms with E-state index in [2.05, 4.69) is 15.5 Å². The van der Waals surface area contributed by atoms with E-state index in [4.69, 9.17) is 11.1 Å². The van der Waals surface area contributed by atoms with Crippen LogP contribution in [0.15, 0.2) is 23.5 Å². The molecule has 0 unspecified atom stereocenters. The molecule has 1 amide bonds. The van der Waals surface area contributed by atoms with Crippen LogP contribution in [0.25, 0.3) is 0 Å². The number of piperidine rings is 1. The SMILES string of the molecule is N=C/C(=C1/Nc2cc(F)cc(C(N)=O)c2N1)C1CCN(CCF)CC1. The fourth-order valence-electron chi connectivity index (χ4n) is 3.45. The molecule has 0 radical (unpaired) electrons. The molecule has 8 heteroatoms. The molecule has 1 aromatic carbocycles. The van der Waals surface area contributed by atoms with Crippen molar-refractivity contribution in [1.82, 2.24) is 4.90 Å². The molecular weight excluding hydrogens is 328 g/mol. The quantitative estimate of drug-likeness (QED) is 0.614. The Morgan fingerprint density at radius 2 is 2.08 bits per heavy atom. The molecule has 0 spiro atoms. The van der Waals surface area contributed by atoms with E-state index < -0.39 is 11.7 Å². The van der Waals surface area contributed by atoms with E-state index in [1.807, 2.05) is 0 Å². The first-order valence-corrected chi connectivity index (χ1v) is 8.23. The van der Waals surface area contributed by atoms with Gasteiger partial charge in [-0.1, -0.05) is 0 Å². The zero-order chi connectivity index (χ0) is 18.0. The summed E-state index contributed by atoms with van der Waals surface area (Å²) in [6.07, 6.45) is 2.90. The van der Waals surface area contributed by atoms with Crippen LogP contribution in [-0.4, -0.2) is 43.3 Å². The number of alkyl halides is 1. The lowest BCUT2D eigenvalue weighted by molar-refractivity contribution is 0.100. The van der Waals surface area contributed by atoms with Gasteiger partial charge in [0.1, 0.15) is 18.3 Å². The topological polar surface area (TPSA) is 94.2 Å². The summed E-state index contributed by atoms with van der Waals surface area (Å²) in [5.41, 5.74) is 7.01. The van der Waals surface area contributed by atoms with Crippen LogP contribution in [0.4, 0.5) is 20.2 Å². The third kappa shape index (κ3) is 3.48. The van der Waals surface area contributed by atoms with Gasteiger partial charge < -0.3 is 26.7 Å². The second-order valence-corrected chi connectivity index (χ2v) is 6.27. The van der Waals surface area contributed by atoms with Gasteiger partial charge in [-0.25, -0.2) is 8.78 Å². The number of primary amides is 1. The molecule has 25 heavy (non-hydrogen) atoms. The van der Waals surface area contributed by atoms with E-state index in [0.717, 1.165) is 37.6 Å². The number of benzene rings is 1. The smallest absolute Gasteiger partial charge is 0.250 e. The van der Waals surface area contributed by atoms with Gasteiger partial charge in [-0.2, -0.15) is 0 Å². The Balaban J connectivity index is 1.84. The summed E-state index contributed by atoms with van der Waals surface area (Å²) in [5.74, 6) is -0.567. The summed E-state index contributed by atoms with van der Waals surface area (Å²) in [6, 6.07) is 2.38. The third-order valence-electron chi connectivity index (χ3n) is 4.75. The first-order valence-electron chi connectivity index (χ1n) is 8.23. The predicted octanol–water partition coefficient (Wildman–Crippen LogP) is 2.30. The highest BCUT2D eigenvalue weighted by molar-refractivity contribution is 6.04. The number of hydrogen-bond donors (Lipinski definition) is 4. The zero-order valence-electron chi connectivity index (χ0n) is 13.7. The molecule has 6 nitrogen and oxygen atoms in total. The number of anilines is 2. The molecule has 0 saturated carbocycles. The lowest BCUT2D eigenvalue weighted by Crippen LogP contribution is -2.36. The molecule has 5 N–H and O–H groups in total. The zero-order valence-corrected chi connectivity index (χ0v) is 13.7. The van der Waals surface area contributed by atoms with E-state index in [9.17, 15) is 13.6 Å². The Morgan fingerprint density at radius 3 is 2.68 bits per heavy atom. The number of nitrogens with two attached hydrogens (primary N) is 1. The standard InChI is InChI=1S/C17H21F2N5O/c18-3-6-24-4-1-10(2-5-24)13(9-20)17-22-14-8-11(19)7-12(16(21)25)15(14)23-17/h7-10,20,22-23H,1-6H2,(H2,21,25)/b17-13+,20-9?. The maximum Gasteiger partial charge on any atom is 0.250 e. The molecule has 1 fully saturated rings. The molecule has 3 rings (SSSR count). The molecule has 2 aliphatic heterocycles. The largest absolute Gasteiger partial charge is 0.366 e. The van der Waals surface area contributed by atoms with Gasteiger partial charge in [0.2, 0.25) is 0 Å². The second kappa shape index (κ2) is 7.18. The van der Waals surface area contributed by atoms with E-state index in [-0.39, 0.29) is 18.2 Å². The van der Waals surface area contributed by atoms with Gasteiger partial charge in [-0.05, 0) is 44.0 Å². The van der Waals surface area contributed by atoms with Crippen LogP contribution in [0, 0.1) is 17.1 Å². The van der Waals surface area contributed by atoms with Gasteiger partial charge in [0, 0.05) is 18.3 Å². The fourth-order valence-corrected chi connectivity index (χ4v) is 3.45. The van der Waals surface area contributed by atoms with E-state index in [0.29, 0.717) is 23.7 Å². The van der Waals surface area contributed by atoms with Crippen molar-refractivity contribution in [3.8, 4) is 0 Å². The maximum atomic E-state index is 13.7. The minimum atomic E-state index is -0.720. The number of carbonyl (C=O) groups is 1. The van der Waals surface area contributed by atoms with Crippen molar-refractivity contribution in [1.29, 1.82) is 5.41 Å². The average molecular weight is 349 g/mol. The number of halogens is 2. The van der Waals surface area contributed by atoms with Crippen LogP contribution in [0.1, 0.15) is 23.2 Å². The number of allylic oxidation sites excluding steroid dienone is 1. The maximum absolute atomic E-state index is 13.7. The molecule has 1 saturated heterocycles. The summed E-state index contributed by atoms with van der Waals surface area (Å²) in [5, 5.41) is 13.9. The summed E-state index contributed by atoms with van der Waals surface area (Å²) >= 11 is 0. The molecule has 134 valence electrons. The monoisotopic (exact) mass is 349 g/mol. The van der Waals surface area contributed by atoms with Gasteiger partial charge in [-0.3, -0.25) is 4.79 Å². The van der Waals surface area contributed by atoms with Crippen LogP contribution in [-0.2, 0) is 0 Å². The van der Waals surface area contributed by atoms with Crippen molar-refractivity contribution in [2.75, 3.05) is 36.9 Å². The van der Waals surface area contributed by atoms with Gasteiger partial charge in [-0.15, -0.1) is 0 Å². The summed E-state index contributed by atoms with van der Waals surface area (Å²) in [7, 11) is 0. The fraction of sp³-hybridized carbons (Fsp3) is 0.412. The van der Waals surface area contributed by atoms with E-state index in [1.54, 1.807) is 0 Å². The van der Waals surface area contributed by atoms with Crippen molar-refractivity contribution in [2.45, 2.75) is 12.8 Å². The lowest BCUT2D eigenvalue weighted by atomic mass is 9.89. The number of hydrogen-bond acceptors (Lipinski definition) is 5. The van der Waals surface area contributed by atoms with Gasteiger partial charge in [0.05, 0.1) is 16.9 Å². The van der Waals surface area contributed by atoms with Crippen LogP contribution in [0.3, 0.4) is 0 Å². The Bertz CT molecular complexity index is 726. The van der Waals surface area contributed by atoms with E-state index >= 15 is 0 Å². The van der Waals surface area contributed by atoms with Crippen LogP contribution < -0.4 is 16.4 Å². The van der Waals surface area contributed by atoms with Crippen molar-refractivity contribution < 1.29 is 13.6 Å². The van der Waals surface area contributed by atoms with Crippen molar-refractivity contribution in [3.05, 3.63) is 34.9 Å². The predicted molar refractivity (Wildman–Crippen MR) is 93.1 cm³/mol. The van der Waals surface area contributed by atoms with Crippen molar-refractivity contribution in [3.63, 3.8) is 0 Å². The lowest BCUT2D eigenvalue weighted by Gasteiger charge is -2.32. The number of amides is 1. The Kier molecular flexibility index (Phi) is 4.98. The van der Waals surface area contributed by atoms with E-state index in [1.165, 1.54) is 12.3 Å². The number of nitrogens with zero attached hydrogens (tertiary/aromatic N) is 1. The van der Waals surface area contributed by atoms with Crippen molar-refractivity contribution in [2.24, 2.45) is 11.7 Å². The minimum absolute atomic E-state index is 0.0691. The molecule has 2 aliphatic rings. The third-order valence-corrected chi connectivity index (χ3v) is 4.75. The Hall–Kier alpha value is -2.48. The highest BCUT2D eigenvalue weighted by Crippen LogP contribution is 2.37. The Morgan fingerprint density at radius 1 is 1.36 bits per heavy atom. The Labute approximate surface area is 144 Å². The first-order chi connectivity index (χ1) is 12.0. The van der Waals surface area contributed by atoms with Crippen LogP contribution in [0.2, 0.25) is 0 Å². The second-order valence-electron chi connectivity index (χ2n) is 6.27. The molecule has 0 aromatic heterocycles. The molecule has 1 aromatic rings. The summed E-state index contributed by atoms with van der Waals surface area (Å²) in [4.78, 5) is 13.6. The molecular formula is C17H21F2N5O. The van der Waals surface area contributed by atoms with Crippen LogP contribution >= 0.6 is 0 Å². The van der Waals surface area contributed by atoms with Crippen molar-refractivity contribution >= 4 is 23.5 Å². The van der Waals surface area contributed by atoms with Gasteiger partial charge in [0.15, 0.2) is 0 Å². The minimum Gasteiger partial charge on any atom is -0.366 e. The van der Waals surface area contributed by atoms with Gasteiger partial charge >= 0.3 is 0 Å². The number of rotatable bonds is 5. The normalized spacial score (nSPS) is 19.8.